The fraction of sp³-hybridized carbons (Fsp3) is 0.278. The molecule has 0 aromatic heterocycles. The van der Waals surface area contributed by atoms with E-state index < -0.39 is 10.0 Å². The van der Waals surface area contributed by atoms with Gasteiger partial charge >= 0.3 is 0 Å². The molecule has 0 aliphatic heterocycles. The van der Waals surface area contributed by atoms with Crippen LogP contribution in [0.15, 0.2) is 53.4 Å². The number of nitrogens with two attached hydrogens (primary N) is 1. The van der Waals surface area contributed by atoms with Gasteiger partial charge in [0.1, 0.15) is 0 Å². The number of rotatable bonds is 9. The Morgan fingerprint density at radius 1 is 1.08 bits per heavy atom. The van der Waals surface area contributed by atoms with Crippen LogP contribution in [0.5, 0.6) is 11.5 Å². The molecule has 0 radical (unpaired) electrons. The van der Waals surface area contributed by atoms with Gasteiger partial charge in [0.25, 0.3) is 0 Å². The monoisotopic (exact) mass is 378 g/mol. The molecule has 140 valence electrons. The maximum absolute atomic E-state index is 12.0. The molecule has 8 heteroatoms. The van der Waals surface area contributed by atoms with Gasteiger partial charge in [-0.2, -0.15) is 0 Å². The number of para-hydroxylation sites is 2. The molecular weight excluding hydrogens is 356 g/mol. The first-order valence-electron chi connectivity index (χ1n) is 8.17. The zero-order chi connectivity index (χ0) is 19.0. The van der Waals surface area contributed by atoms with Crippen molar-refractivity contribution in [1.29, 1.82) is 0 Å². The summed E-state index contributed by atoms with van der Waals surface area (Å²) in [5, 5.41) is 7.72. The van der Waals surface area contributed by atoms with Crippen molar-refractivity contribution in [2.45, 2.75) is 24.7 Å². The van der Waals surface area contributed by atoms with Gasteiger partial charge in [0.2, 0.25) is 15.9 Å². The number of nitrogens with one attached hydrogen (secondary N) is 1. The van der Waals surface area contributed by atoms with Gasteiger partial charge in [-0.05, 0) is 43.7 Å². The molecule has 0 atom stereocenters. The Balaban J connectivity index is 1.81. The van der Waals surface area contributed by atoms with Crippen LogP contribution in [0, 0.1) is 0 Å². The molecule has 0 saturated carbocycles. The Hall–Kier alpha value is -2.58. The van der Waals surface area contributed by atoms with Crippen molar-refractivity contribution in [1.82, 2.24) is 0 Å². The van der Waals surface area contributed by atoms with E-state index in [0.29, 0.717) is 36.8 Å². The lowest BCUT2D eigenvalue weighted by molar-refractivity contribution is -0.116. The molecule has 26 heavy (non-hydrogen) atoms. The van der Waals surface area contributed by atoms with Crippen molar-refractivity contribution < 1.29 is 22.7 Å². The largest absolute Gasteiger partial charge is 0.490 e. The van der Waals surface area contributed by atoms with Crippen LogP contribution in [-0.2, 0) is 14.8 Å². The van der Waals surface area contributed by atoms with E-state index in [1.54, 1.807) is 6.07 Å². The smallest absolute Gasteiger partial charge is 0.238 e. The van der Waals surface area contributed by atoms with E-state index in [1.165, 1.54) is 18.2 Å². The summed E-state index contributed by atoms with van der Waals surface area (Å²) in [6.07, 6.45) is 0.734. The molecule has 0 bridgehead atoms. The van der Waals surface area contributed by atoms with E-state index in [-0.39, 0.29) is 17.2 Å². The minimum absolute atomic E-state index is 0.0498. The second-order valence-electron chi connectivity index (χ2n) is 5.45. The lowest BCUT2D eigenvalue weighted by Crippen LogP contribution is -2.15. The zero-order valence-corrected chi connectivity index (χ0v) is 15.3. The molecule has 7 nitrogen and oxygen atoms in total. The van der Waals surface area contributed by atoms with E-state index in [0.717, 1.165) is 0 Å². The summed E-state index contributed by atoms with van der Waals surface area (Å²) >= 11 is 0. The lowest BCUT2D eigenvalue weighted by Gasteiger charge is -2.11. The first-order valence-corrected chi connectivity index (χ1v) is 9.72. The molecule has 2 rings (SSSR count). The Morgan fingerprint density at radius 2 is 1.77 bits per heavy atom. The molecule has 0 aliphatic carbocycles. The number of ether oxygens (including phenoxy) is 2. The highest BCUT2D eigenvalue weighted by Crippen LogP contribution is 2.26. The second-order valence-corrected chi connectivity index (χ2v) is 7.01. The number of amides is 1. The van der Waals surface area contributed by atoms with E-state index in [2.05, 4.69) is 5.32 Å². The van der Waals surface area contributed by atoms with Crippen molar-refractivity contribution in [3.8, 4) is 11.5 Å². The standard InChI is InChI=1S/C18H22N2O5S/c1-2-24-16-9-3-4-10-17(16)25-12-6-11-18(21)20-14-7-5-8-15(13-14)26(19,22)23/h3-5,7-10,13H,2,6,11-12H2,1H3,(H,20,21)(H2,19,22,23). The van der Waals surface area contributed by atoms with Crippen LogP contribution in [0.25, 0.3) is 0 Å². The van der Waals surface area contributed by atoms with Crippen molar-refractivity contribution in [2.75, 3.05) is 18.5 Å². The number of benzene rings is 2. The molecule has 0 aliphatic rings. The summed E-state index contributed by atoms with van der Waals surface area (Å²) in [7, 11) is -3.80. The summed E-state index contributed by atoms with van der Waals surface area (Å²) in [6, 6.07) is 13.2. The Morgan fingerprint density at radius 3 is 2.42 bits per heavy atom. The summed E-state index contributed by atoms with van der Waals surface area (Å²) in [5.74, 6) is 1.06. The SMILES string of the molecule is CCOc1ccccc1OCCCC(=O)Nc1cccc(S(N)(=O)=O)c1. The van der Waals surface area contributed by atoms with Crippen LogP contribution >= 0.6 is 0 Å². The van der Waals surface area contributed by atoms with Crippen molar-refractivity contribution in [2.24, 2.45) is 5.14 Å². The lowest BCUT2D eigenvalue weighted by atomic mass is 10.2. The van der Waals surface area contributed by atoms with Crippen LogP contribution in [0.2, 0.25) is 0 Å². The Labute approximate surface area is 153 Å². The molecule has 0 fully saturated rings. The van der Waals surface area contributed by atoms with Gasteiger partial charge in [0, 0.05) is 12.1 Å². The topological polar surface area (TPSA) is 108 Å². The summed E-state index contributed by atoms with van der Waals surface area (Å²) in [6.45, 7) is 2.79. The minimum atomic E-state index is -3.80. The van der Waals surface area contributed by atoms with Gasteiger partial charge in [-0.1, -0.05) is 18.2 Å². The quantitative estimate of drug-likeness (QED) is 0.652. The fourth-order valence-corrected chi connectivity index (χ4v) is 2.79. The van der Waals surface area contributed by atoms with Crippen molar-refractivity contribution in [3.05, 3.63) is 48.5 Å². The zero-order valence-electron chi connectivity index (χ0n) is 14.5. The van der Waals surface area contributed by atoms with E-state index in [1.807, 2.05) is 31.2 Å². The Bertz CT molecular complexity index is 852. The number of primary sulfonamides is 1. The minimum Gasteiger partial charge on any atom is -0.490 e. The number of hydrogen-bond acceptors (Lipinski definition) is 5. The highest BCUT2D eigenvalue weighted by atomic mass is 32.2. The molecule has 2 aromatic rings. The van der Waals surface area contributed by atoms with Gasteiger partial charge in [-0.3, -0.25) is 4.79 Å². The summed E-state index contributed by atoms with van der Waals surface area (Å²) in [5.41, 5.74) is 0.379. The number of carbonyl (C=O) groups is 1. The summed E-state index contributed by atoms with van der Waals surface area (Å²) in [4.78, 5) is 11.9. The van der Waals surface area contributed by atoms with Crippen LogP contribution in [0.3, 0.4) is 0 Å². The predicted molar refractivity (Wildman–Crippen MR) is 98.8 cm³/mol. The van der Waals surface area contributed by atoms with Gasteiger partial charge in [0.05, 0.1) is 18.1 Å². The maximum atomic E-state index is 12.0. The molecule has 0 saturated heterocycles. The normalized spacial score (nSPS) is 11.0. The highest BCUT2D eigenvalue weighted by molar-refractivity contribution is 7.89. The van der Waals surface area contributed by atoms with Crippen LogP contribution in [0.4, 0.5) is 5.69 Å². The summed E-state index contributed by atoms with van der Waals surface area (Å²) < 4.78 is 33.8. The van der Waals surface area contributed by atoms with Gasteiger partial charge < -0.3 is 14.8 Å². The average molecular weight is 378 g/mol. The van der Waals surface area contributed by atoms with Crippen LogP contribution in [0.1, 0.15) is 19.8 Å². The molecular formula is C18H22N2O5S. The first-order chi connectivity index (χ1) is 12.4. The van der Waals surface area contributed by atoms with Gasteiger partial charge in [-0.15, -0.1) is 0 Å². The molecule has 3 N–H and O–H groups in total. The van der Waals surface area contributed by atoms with Gasteiger partial charge in [-0.25, -0.2) is 13.6 Å². The Kier molecular flexibility index (Phi) is 6.99. The van der Waals surface area contributed by atoms with Gasteiger partial charge in [0.15, 0.2) is 11.5 Å². The van der Waals surface area contributed by atoms with E-state index >= 15 is 0 Å². The number of anilines is 1. The van der Waals surface area contributed by atoms with E-state index in [9.17, 15) is 13.2 Å². The highest BCUT2D eigenvalue weighted by Gasteiger charge is 2.10. The number of carbonyl (C=O) groups excluding carboxylic acids is 1. The number of hydrogen-bond donors (Lipinski definition) is 2. The third-order valence-corrected chi connectivity index (χ3v) is 4.31. The molecule has 2 aromatic carbocycles. The number of sulfonamides is 1. The molecule has 0 spiro atoms. The third kappa shape index (κ3) is 6.05. The first kappa shape index (κ1) is 19.7. The maximum Gasteiger partial charge on any atom is 0.238 e. The molecule has 0 unspecified atom stereocenters. The van der Waals surface area contributed by atoms with Crippen LogP contribution in [-0.4, -0.2) is 27.5 Å². The predicted octanol–water partition coefficient (Wildman–Crippen LogP) is 2.53. The average Bonchev–Trinajstić information content (AvgIpc) is 2.60. The van der Waals surface area contributed by atoms with Crippen molar-refractivity contribution in [3.63, 3.8) is 0 Å². The van der Waals surface area contributed by atoms with Crippen LogP contribution < -0.4 is 19.9 Å². The second kappa shape index (κ2) is 9.21. The molecule has 1 amide bonds. The van der Waals surface area contributed by atoms with E-state index in [4.69, 9.17) is 14.6 Å². The fourth-order valence-electron chi connectivity index (χ4n) is 2.23. The van der Waals surface area contributed by atoms with Crippen molar-refractivity contribution >= 4 is 21.6 Å². The molecule has 0 heterocycles. The third-order valence-electron chi connectivity index (χ3n) is 3.40.